The van der Waals surface area contributed by atoms with Gasteiger partial charge >= 0.3 is 0 Å². The van der Waals surface area contributed by atoms with Crippen LogP contribution in [0, 0.1) is 0 Å². The van der Waals surface area contributed by atoms with Gasteiger partial charge in [-0.1, -0.05) is 12.1 Å². The van der Waals surface area contributed by atoms with Gasteiger partial charge < -0.3 is 15.2 Å². The summed E-state index contributed by atoms with van der Waals surface area (Å²) >= 11 is 0. The van der Waals surface area contributed by atoms with Crippen molar-refractivity contribution in [2.45, 2.75) is 6.54 Å². The van der Waals surface area contributed by atoms with Crippen LogP contribution in [0.2, 0.25) is 0 Å². The third-order valence-corrected chi connectivity index (χ3v) is 2.85. The summed E-state index contributed by atoms with van der Waals surface area (Å²) in [4.78, 5) is 9.60. The van der Waals surface area contributed by atoms with Gasteiger partial charge in [-0.05, 0) is 12.1 Å². The van der Waals surface area contributed by atoms with Crippen molar-refractivity contribution in [3.63, 3.8) is 0 Å². The molecule has 0 spiro atoms. The van der Waals surface area contributed by atoms with Gasteiger partial charge in [0, 0.05) is 19.3 Å². The second-order valence-corrected chi connectivity index (χ2v) is 3.93. The van der Waals surface area contributed by atoms with E-state index in [1.165, 1.54) is 11.4 Å². The van der Waals surface area contributed by atoms with E-state index in [4.69, 9.17) is 0 Å². The van der Waals surface area contributed by atoms with Crippen molar-refractivity contribution in [1.82, 2.24) is 9.97 Å². The van der Waals surface area contributed by atoms with E-state index < -0.39 is 0 Å². The molecule has 1 aromatic heterocycles. The van der Waals surface area contributed by atoms with Gasteiger partial charge in [-0.3, -0.25) is 0 Å². The molecule has 1 aliphatic heterocycles. The number of aromatic nitrogens is 2. The first-order valence-electron chi connectivity index (χ1n) is 5.49. The molecule has 0 atom stereocenters. The molecule has 0 fully saturated rings. The molecule has 1 aromatic carbocycles. The molecule has 16 heavy (non-hydrogen) atoms. The summed E-state index contributed by atoms with van der Waals surface area (Å²) in [5.74, 6) is 0. The Kier molecular flexibility index (Phi) is 2.25. The number of nitrogens with one attached hydrogen (secondary N) is 2. The average molecular weight is 214 g/mol. The largest absolute Gasteiger partial charge is 0.382 e. The van der Waals surface area contributed by atoms with Crippen LogP contribution in [0.25, 0.3) is 0 Å². The minimum Gasteiger partial charge on any atom is -0.382 e. The Hall–Kier alpha value is -1.97. The van der Waals surface area contributed by atoms with Gasteiger partial charge in [0.15, 0.2) is 0 Å². The first-order valence-corrected chi connectivity index (χ1v) is 5.49. The summed E-state index contributed by atoms with van der Waals surface area (Å²) in [7, 11) is 0. The number of aromatic amines is 1. The molecule has 0 bridgehead atoms. The van der Waals surface area contributed by atoms with E-state index in [1.54, 1.807) is 6.33 Å². The molecule has 0 aliphatic carbocycles. The van der Waals surface area contributed by atoms with Crippen LogP contribution in [0.5, 0.6) is 0 Å². The highest BCUT2D eigenvalue weighted by atomic mass is 15.2. The number of hydrogen-bond acceptors (Lipinski definition) is 3. The molecule has 0 amide bonds. The van der Waals surface area contributed by atoms with E-state index in [9.17, 15) is 0 Å². The first-order chi connectivity index (χ1) is 7.93. The fourth-order valence-electron chi connectivity index (χ4n) is 2.08. The van der Waals surface area contributed by atoms with Gasteiger partial charge in [0.05, 0.1) is 29.9 Å². The van der Waals surface area contributed by atoms with Crippen LogP contribution in [-0.4, -0.2) is 23.1 Å². The Morgan fingerprint density at radius 3 is 3.12 bits per heavy atom. The van der Waals surface area contributed by atoms with Crippen LogP contribution in [0.15, 0.2) is 36.8 Å². The maximum atomic E-state index is 4.27. The standard InChI is InChI=1S/C12H14N4/c1-2-4-12-11(3-1)14-5-6-16(12)8-10-7-13-9-15-10/h1-4,7,9,14H,5-6,8H2,(H,13,15). The second kappa shape index (κ2) is 3.89. The van der Waals surface area contributed by atoms with Crippen molar-refractivity contribution in [3.05, 3.63) is 42.5 Å². The van der Waals surface area contributed by atoms with Crippen LogP contribution in [0.4, 0.5) is 11.4 Å². The number of H-pyrrole nitrogens is 1. The van der Waals surface area contributed by atoms with Crippen molar-refractivity contribution >= 4 is 11.4 Å². The zero-order valence-electron chi connectivity index (χ0n) is 8.98. The molecular weight excluding hydrogens is 200 g/mol. The van der Waals surface area contributed by atoms with Crippen LogP contribution in [0.3, 0.4) is 0 Å². The lowest BCUT2D eigenvalue weighted by Crippen LogP contribution is -2.33. The number of imidazole rings is 1. The van der Waals surface area contributed by atoms with Gasteiger partial charge in [0.25, 0.3) is 0 Å². The highest BCUT2D eigenvalue weighted by molar-refractivity contribution is 5.71. The molecule has 1 aliphatic rings. The predicted molar refractivity (Wildman–Crippen MR) is 64.6 cm³/mol. The molecule has 4 heteroatoms. The molecule has 2 heterocycles. The SMILES string of the molecule is c1ccc2c(c1)NCCN2Cc1c[nH]cn1. The third kappa shape index (κ3) is 1.62. The minimum atomic E-state index is 0.863. The Morgan fingerprint density at radius 1 is 1.31 bits per heavy atom. The van der Waals surface area contributed by atoms with Crippen LogP contribution >= 0.6 is 0 Å². The maximum absolute atomic E-state index is 4.27. The van der Waals surface area contributed by atoms with E-state index in [2.05, 4.69) is 44.5 Å². The van der Waals surface area contributed by atoms with Crippen LogP contribution in [0.1, 0.15) is 5.69 Å². The normalized spacial score (nSPS) is 14.4. The summed E-state index contributed by atoms with van der Waals surface area (Å²) < 4.78 is 0. The van der Waals surface area contributed by atoms with Crippen molar-refractivity contribution in [3.8, 4) is 0 Å². The smallest absolute Gasteiger partial charge is 0.0923 e. The number of rotatable bonds is 2. The Morgan fingerprint density at radius 2 is 2.25 bits per heavy atom. The van der Waals surface area contributed by atoms with E-state index in [0.29, 0.717) is 0 Å². The lowest BCUT2D eigenvalue weighted by molar-refractivity contribution is 0.775. The first kappa shape index (κ1) is 9.27. The number of benzene rings is 1. The lowest BCUT2D eigenvalue weighted by Gasteiger charge is -2.31. The maximum Gasteiger partial charge on any atom is 0.0923 e. The summed E-state index contributed by atoms with van der Waals surface area (Å²) in [6.45, 7) is 2.87. The van der Waals surface area contributed by atoms with Crippen LogP contribution < -0.4 is 10.2 Å². The highest BCUT2D eigenvalue weighted by Gasteiger charge is 2.16. The van der Waals surface area contributed by atoms with E-state index in [-0.39, 0.29) is 0 Å². The lowest BCUT2D eigenvalue weighted by atomic mass is 10.2. The van der Waals surface area contributed by atoms with Crippen LogP contribution in [-0.2, 0) is 6.54 Å². The molecule has 3 rings (SSSR count). The van der Waals surface area contributed by atoms with Gasteiger partial charge in [-0.2, -0.15) is 0 Å². The van der Waals surface area contributed by atoms with Crippen molar-refractivity contribution in [2.75, 3.05) is 23.3 Å². The number of para-hydroxylation sites is 2. The van der Waals surface area contributed by atoms with E-state index in [1.807, 2.05) is 6.20 Å². The van der Waals surface area contributed by atoms with Gasteiger partial charge in [0.1, 0.15) is 0 Å². The fourth-order valence-corrected chi connectivity index (χ4v) is 2.08. The van der Waals surface area contributed by atoms with Crippen molar-refractivity contribution in [1.29, 1.82) is 0 Å². The minimum absolute atomic E-state index is 0.863. The monoisotopic (exact) mass is 214 g/mol. The summed E-state index contributed by atoms with van der Waals surface area (Å²) in [6, 6.07) is 8.40. The molecule has 2 aromatic rings. The molecular formula is C12H14N4. The third-order valence-electron chi connectivity index (χ3n) is 2.85. The molecule has 4 nitrogen and oxygen atoms in total. The summed E-state index contributed by atoms with van der Waals surface area (Å²) in [6.07, 6.45) is 3.67. The summed E-state index contributed by atoms with van der Waals surface area (Å²) in [5.41, 5.74) is 3.55. The quantitative estimate of drug-likeness (QED) is 0.801. The van der Waals surface area contributed by atoms with Crippen molar-refractivity contribution in [2.24, 2.45) is 0 Å². The number of anilines is 2. The molecule has 0 saturated heterocycles. The number of hydrogen-bond donors (Lipinski definition) is 2. The Labute approximate surface area is 94.3 Å². The zero-order valence-corrected chi connectivity index (χ0v) is 8.98. The second-order valence-electron chi connectivity index (χ2n) is 3.93. The zero-order chi connectivity index (χ0) is 10.8. The Bertz CT molecular complexity index is 464. The molecule has 0 radical (unpaired) electrons. The van der Waals surface area contributed by atoms with Gasteiger partial charge in [-0.15, -0.1) is 0 Å². The molecule has 82 valence electrons. The fraction of sp³-hybridized carbons (Fsp3) is 0.250. The molecule has 0 saturated carbocycles. The highest BCUT2D eigenvalue weighted by Crippen LogP contribution is 2.29. The molecule has 2 N–H and O–H groups in total. The molecule has 0 unspecified atom stereocenters. The summed E-state index contributed by atoms with van der Waals surface area (Å²) in [5, 5.41) is 3.40. The van der Waals surface area contributed by atoms with E-state index >= 15 is 0 Å². The number of fused-ring (bicyclic) bond motifs is 1. The van der Waals surface area contributed by atoms with Gasteiger partial charge in [-0.25, -0.2) is 4.98 Å². The average Bonchev–Trinajstić information content (AvgIpc) is 2.82. The number of nitrogens with zero attached hydrogens (tertiary/aromatic N) is 2. The topological polar surface area (TPSA) is 44.0 Å². The predicted octanol–water partition coefficient (Wildman–Crippen LogP) is 1.84. The van der Waals surface area contributed by atoms with E-state index in [0.717, 1.165) is 25.3 Å². The Balaban J connectivity index is 1.87. The van der Waals surface area contributed by atoms with Gasteiger partial charge in [0.2, 0.25) is 0 Å². The van der Waals surface area contributed by atoms with Crippen molar-refractivity contribution < 1.29 is 0 Å².